The summed E-state index contributed by atoms with van der Waals surface area (Å²) < 4.78 is 5.14. The lowest BCUT2D eigenvalue weighted by atomic mass is 10.1. The summed E-state index contributed by atoms with van der Waals surface area (Å²) in [5.74, 6) is -0.905. The summed E-state index contributed by atoms with van der Waals surface area (Å²) in [5.41, 5.74) is 6.01. The SMILES string of the molecule is COc1ccc(Cl)cc1NC(=O)/C(C#N)=C\Nc1ccccc1C(N)=O. The maximum atomic E-state index is 12.3. The Morgan fingerprint density at radius 2 is 1.96 bits per heavy atom. The lowest BCUT2D eigenvalue weighted by Crippen LogP contribution is -2.16. The first kappa shape index (κ1) is 18.8. The molecule has 132 valence electrons. The number of rotatable bonds is 6. The van der Waals surface area contributed by atoms with Crippen LogP contribution in [0.15, 0.2) is 54.2 Å². The van der Waals surface area contributed by atoms with Gasteiger partial charge in [-0.3, -0.25) is 9.59 Å². The molecule has 0 radical (unpaired) electrons. The van der Waals surface area contributed by atoms with Gasteiger partial charge >= 0.3 is 0 Å². The Morgan fingerprint density at radius 3 is 2.62 bits per heavy atom. The van der Waals surface area contributed by atoms with Gasteiger partial charge in [0, 0.05) is 11.2 Å². The van der Waals surface area contributed by atoms with E-state index in [9.17, 15) is 14.9 Å². The highest BCUT2D eigenvalue weighted by molar-refractivity contribution is 6.31. The first-order valence-corrected chi connectivity index (χ1v) is 7.74. The van der Waals surface area contributed by atoms with Gasteiger partial charge in [0.05, 0.1) is 24.0 Å². The number of hydrogen-bond acceptors (Lipinski definition) is 5. The number of nitrogens with zero attached hydrogens (tertiary/aromatic N) is 1. The van der Waals surface area contributed by atoms with E-state index in [1.807, 2.05) is 0 Å². The molecule has 0 saturated carbocycles. The van der Waals surface area contributed by atoms with Crippen LogP contribution in [-0.4, -0.2) is 18.9 Å². The topological polar surface area (TPSA) is 117 Å². The van der Waals surface area contributed by atoms with Crippen LogP contribution in [0, 0.1) is 11.3 Å². The molecule has 0 aromatic heterocycles. The number of para-hydroxylation sites is 1. The molecule has 0 saturated heterocycles. The van der Waals surface area contributed by atoms with Crippen LogP contribution in [0.1, 0.15) is 10.4 Å². The van der Waals surface area contributed by atoms with Crippen molar-refractivity contribution < 1.29 is 14.3 Å². The standard InChI is InChI=1S/C18H15ClN4O3/c1-26-16-7-6-12(19)8-15(16)23-18(25)11(9-20)10-22-14-5-3-2-4-13(14)17(21)24/h2-8,10,22H,1H3,(H2,21,24)(H,23,25)/b11-10-. The van der Waals surface area contributed by atoms with E-state index in [4.69, 9.17) is 22.1 Å². The lowest BCUT2D eigenvalue weighted by Gasteiger charge is -2.10. The van der Waals surface area contributed by atoms with E-state index in [0.717, 1.165) is 0 Å². The van der Waals surface area contributed by atoms with Gasteiger partial charge in [0.1, 0.15) is 17.4 Å². The number of methoxy groups -OCH3 is 1. The first-order chi connectivity index (χ1) is 12.5. The number of nitrogens with two attached hydrogens (primary N) is 1. The summed E-state index contributed by atoms with van der Waals surface area (Å²) in [5, 5.41) is 14.9. The van der Waals surface area contributed by atoms with Crippen LogP contribution >= 0.6 is 11.6 Å². The molecule has 0 spiro atoms. The van der Waals surface area contributed by atoms with Gasteiger partial charge in [-0.25, -0.2) is 0 Å². The quantitative estimate of drug-likeness (QED) is 0.533. The van der Waals surface area contributed by atoms with Crippen LogP contribution in [0.5, 0.6) is 5.75 Å². The summed E-state index contributed by atoms with van der Waals surface area (Å²) in [7, 11) is 1.45. The largest absolute Gasteiger partial charge is 0.495 e. The molecule has 0 unspecified atom stereocenters. The molecule has 2 rings (SSSR count). The zero-order chi connectivity index (χ0) is 19.1. The number of nitrogens with one attached hydrogen (secondary N) is 2. The molecular weight excluding hydrogens is 356 g/mol. The van der Waals surface area contributed by atoms with Gasteiger partial charge in [0.25, 0.3) is 11.8 Å². The van der Waals surface area contributed by atoms with E-state index in [1.54, 1.807) is 36.4 Å². The molecular formula is C18H15ClN4O3. The number of ether oxygens (including phenoxy) is 1. The van der Waals surface area contributed by atoms with Crippen LogP contribution in [0.25, 0.3) is 0 Å². The minimum Gasteiger partial charge on any atom is -0.495 e. The fourth-order valence-corrected chi connectivity index (χ4v) is 2.26. The predicted octanol–water partition coefficient (Wildman–Crippen LogP) is 2.91. The van der Waals surface area contributed by atoms with Gasteiger partial charge in [-0.1, -0.05) is 23.7 Å². The van der Waals surface area contributed by atoms with Gasteiger partial charge in [-0.2, -0.15) is 5.26 Å². The number of anilines is 2. The highest BCUT2D eigenvalue weighted by atomic mass is 35.5. The Hall–Kier alpha value is -3.50. The molecule has 0 fully saturated rings. The average Bonchev–Trinajstić information content (AvgIpc) is 2.62. The normalized spacial score (nSPS) is 10.6. The Balaban J connectivity index is 2.22. The van der Waals surface area contributed by atoms with Gasteiger partial charge < -0.3 is 21.1 Å². The third-order valence-electron chi connectivity index (χ3n) is 3.34. The summed E-state index contributed by atoms with van der Waals surface area (Å²) in [6.45, 7) is 0. The van der Waals surface area contributed by atoms with Gasteiger partial charge in [0.2, 0.25) is 0 Å². The van der Waals surface area contributed by atoms with Crippen LogP contribution in [0.3, 0.4) is 0 Å². The molecule has 0 bridgehead atoms. The van der Waals surface area contributed by atoms with Crippen molar-refractivity contribution in [3.63, 3.8) is 0 Å². The van der Waals surface area contributed by atoms with Crippen molar-refractivity contribution >= 4 is 34.8 Å². The van der Waals surface area contributed by atoms with E-state index in [1.165, 1.54) is 25.4 Å². The van der Waals surface area contributed by atoms with Crippen LogP contribution in [0.4, 0.5) is 11.4 Å². The van der Waals surface area contributed by atoms with Crippen molar-refractivity contribution in [2.45, 2.75) is 0 Å². The Kier molecular flexibility index (Phi) is 6.20. The molecule has 2 amide bonds. The van der Waals surface area contributed by atoms with Crippen LogP contribution in [-0.2, 0) is 4.79 Å². The van der Waals surface area contributed by atoms with Crippen molar-refractivity contribution in [3.8, 4) is 11.8 Å². The van der Waals surface area contributed by atoms with Crippen molar-refractivity contribution in [1.82, 2.24) is 0 Å². The van der Waals surface area contributed by atoms with Crippen molar-refractivity contribution in [2.75, 3.05) is 17.7 Å². The number of carbonyl (C=O) groups excluding carboxylic acids is 2. The number of amides is 2. The molecule has 26 heavy (non-hydrogen) atoms. The molecule has 8 heteroatoms. The first-order valence-electron chi connectivity index (χ1n) is 7.36. The fraction of sp³-hybridized carbons (Fsp3) is 0.0556. The Morgan fingerprint density at radius 1 is 1.23 bits per heavy atom. The lowest BCUT2D eigenvalue weighted by molar-refractivity contribution is -0.112. The summed E-state index contributed by atoms with van der Waals surface area (Å²) in [6.07, 6.45) is 1.19. The summed E-state index contributed by atoms with van der Waals surface area (Å²) >= 11 is 5.92. The third-order valence-corrected chi connectivity index (χ3v) is 3.57. The number of hydrogen-bond donors (Lipinski definition) is 3. The van der Waals surface area contributed by atoms with Gasteiger partial charge in [0.15, 0.2) is 0 Å². The smallest absolute Gasteiger partial charge is 0.267 e. The van der Waals surface area contributed by atoms with Crippen molar-refractivity contribution in [1.29, 1.82) is 5.26 Å². The fourth-order valence-electron chi connectivity index (χ4n) is 2.09. The van der Waals surface area contributed by atoms with Crippen LogP contribution in [0.2, 0.25) is 5.02 Å². The third kappa shape index (κ3) is 4.53. The highest BCUT2D eigenvalue weighted by Gasteiger charge is 2.13. The minimum absolute atomic E-state index is 0.216. The highest BCUT2D eigenvalue weighted by Crippen LogP contribution is 2.28. The van der Waals surface area contributed by atoms with Crippen molar-refractivity contribution in [2.24, 2.45) is 5.73 Å². The molecule has 0 aliphatic rings. The second kappa shape index (κ2) is 8.55. The maximum Gasteiger partial charge on any atom is 0.267 e. The van der Waals surface area contributed by atoms with Gasteiger partial charge in [-0.15, -0.1) is 0 Å². The Labute approximate surface area is 155 Å². The average molecular weight is 371 g/mol. The second-order valence-electron chi connectivity index (χ2n) is 5.02. The molecule has 2 aromatic carbocycles. The monoisotopic (exact) mass is 370 g/mol. The van der Waals surface area contributed by atoms with Gasteiger partial charge in [-0.05, 0) is 30.3 Å². The summed E-state index contributed by atoms with van der Waals surface area (Å²) in [6, 6.07) is 13.0. The maximum absolute atomic E-state index is 12.3. The van der Waals surface area contributed by atoms with Crippen molar-refractivity contribution in [3.05, 3.63) is 64.8 Å². The number of benzene rings is 2. The van der Waals surface area contributed by atoms with E-state index in [0.29, 0.717) is 22.1 Å². The molecule has 0 heterocycles. The van der Waals surface area contributed by atoms with E-state index >= 15 is 0 Å². The Bertz CT molecular complexity index is 919. The summed E-state index contributed by atoms with van der Waals surface area (Å²) in [4.78, 5) is 23.7. The van der Waals surface area contributed by atoms with E-state index < -0.39 is 11.8 Å². The molecule has 0 atom stereocenters. The number of halogens is 1. The zero-order valence-corrected chi connectivity index (χ0v) is 14.5. The molecule has 4 N–H and O–H groups in total. The number of nitriles is 1. The van der Waals surface area contributed by atoms with E-state index in [2.05, 4.69) is 10.6 Å². The number of primary amides is 1. The van der Waals surface area contributed by atoms with Crippen LogP contribution < -0.4 is 21.1 Å². The molecule has 0 aliphatic carbocycles. The zero-order valence-electron chi connectivity index (χ0n) is 13.7. The molecule has 2 aromatic rings. The minimum atomic E-state index is -0.669. The molecule has 7 nitrogen and oxygen atoms in total. The van der Waals surface area contributed by atoms with E-state index in [-0.39, 0.29) is 11.1 Å². The molecule has 0 aliphatic heterocycles. The predicted molar refractivity (Wildman–Crippen MR) is 98.9 cm³/mol. The number of carbonyl (C=O) groups is 2. The second-order valence-corrected chi connectivity index (χ2v) is 5.46.